The third-order valence-electron chi connectivity index (χ3n) is 5.79. The second-order valence-electron chi connectivity index (χ2n) is 7.88. The van der Waals surface area contributed by atoms with Crippen molar-refractivity contribution in [1.82, 2.24) is 9.13 Å². The molecule has 4 aromatic rings. The largest absolute Gasteiger partial charge is 0.481 e. The molecule has 0 amide bonds. The number of aliphatic carboxylic acids is 1. The summed E-state index contributed by atoms with van der Waals surface area (Å²) in [6.07, 6.45) is -1.14. The summed E-state index contributed by atoms with van der Waals surface area (Å²) < 4.78 is 10.1. The van der Waals surface area contributed by atoms with E-state index in [1.54, 1.807) is 22.8 Å². The molecule has 2 aromatic carbocycles. The lowest BCUT2D eigenvalue weighted by Gasteiger charge is -2.17. The van der Waals surface area contributed by atoms with Crippen LogP contribution in [-0.4, -0.2) is 26.8 Å². The van der Waals surface area contributed by atoms with Gasteiger partial charge >= 0.3 is 11.7 Å². The number of aryl methyl sites for hydroxylation is 3. The molecule has 1 atom stereocenters. The van der Waals surface area contributed by atoms with Crippen LogP contribution in [0, 0.1) is 20.8 Å². The number of carbonyl (C=O) groups is 1. The number of rotatable bonds is 7. The standard InChI is InChI=1S/C24H26N2O4S/c1-5-30-21(11-22(27)28)26-19-10-16(4)15(3)9-18(19)25(24(26)29)12-17-13-31-20-8-6-7-14(2)23(17)20/h6-10,13,21H,5,11-12H2,1-4H3,(H,27,28). The summed E-state index contributed by atoms with van der Waals surface area (Å²) >= 11 is 1.67. The highest BCUT2D eigenvalue weighted by Crippen LogP contribution is 2.31. The first kappa shape index (κ1) is 21.3. The fourth-order valence-electron chi connectivity index (χ4n) is 4.16. The lowest BCUT2D eigenvalue weighted by Crippen LogP contribution is -2.30. The molecule has 1 N–H and O–H groups in total. The zero-order valence-corrected chi connectivity index (χ0v) is 19.0. The molecule has 4 rings (SSSR count). The third kappa shape index (κ3) is 3.79. The Morgan fingerprint density at radius 3 is 2.52 bits per heavy atom. The monoisotopic (exact) mass is 438 g/mol. The Kier molecular flexibility index (Phi) is 5.73. The van der Waals surface area contributed by atoms with E-state index in [4.69, 9.17) is 4.74 Å². The van der Waals surface area contributed by atoms with E-state index in [9.17, 15) is 14.7 Å². The van der Waals surface area contributed by atoms with Gasteiger partial charge in [0.1, 0.15) is 6.23 Å². The number of carboxylic acid groups (broad SMARTS) is 1. The molecule has 0 fully saturated rings. The predicted molar refractivity (Wildman–Crippen MR) is 124 cm³/mol. The molecule has 0 aliphatic carbocycles. The molecule has 31 heavy (non-hydrogen) atoms. The van der Waals surface area contributed by atoms with Gasteiger partial charge in [0.05, 0.1) is 24.0 Å². The van der Waals surface area contributed by atoms with Gasteiger partial charge in [0.2, 0.25) is 0 Å². The molecule has 0 aliphatic heterocycles. The van der Waals surface area contributed by atoms with E-state index in [1.807, 2.05) is 32.0 Å². The van der Waals surface area contributed by atoms with E-state index in [1.165, 1.54) is 20.2 Å². The highest BCUT2D eigenvalue weighted by Gasteiger charge is 2.24. The Labute approximate surface area is 184 Å². The predicted octanol–water partition coefficient (Wildman–Crippen LogP) is 5.00. The van der Waals surface area contributed by atoms with Crippen LogP contribution < -0.4 is 5.69 Å². The van der Waals surface area contributed by atoms with Gasteiger partial charge in [-0.15, -0.1) is 11.3 Å². The van der Waals surface area contributed by atoms with E-state index < -0.39 is 12.2 Å². The SMILES string of the molecule is CCOC(CC(=O)O)n1c(=O)n(Cc2csc3cccc(C)c23)c2cc(C)c(C)cc21. The van der Waals surface area contributed by atoms with E-state index in [0.717, 1.165) is 22.2 Å². The highest BCUT2D eigenvalue weighted by atomic mass is 32.1. The second-order valence-corrected chi connectivity index (χ2v) is 8.79. The minimum Gasteiger partial charge on any atom is -0.481 e. The maximum atomic E-state index is 13.6. The van der Waals surface area contributed by atoms with Crippen molar-refractivity contribution in [1.29, 1.82) is 0 Å². The van der Waals surface area contributed by atoms with Crippen molar-refractivity contribution in [3.63, 3.8) is 0 Å². The maximum absolute atomic E-state index is 13.6. The van der Waals surface area contributed by atoms with Crippen LogP contribution in [-0.2, 0) is 16.1 Å². The number of benzene rings is 2. The van der Waals surface area contributed by atoms with Gasteiger partial charge in [0, 0.05) is 16.7 Å². The normalized spacial score (nSPS) is 12.6. The van der Waals surface area contributed by atoms with E-state index in [0.29, 0.717) is 18.7 Å². The lowest BCUT2D eigenvalue weighted by molar-refractivity contribution is -0.142. The van der Waals surface area contributed by atoms with Crippen LogP contribution in [0.1, 0.15) is 41.8 Å². The van der Waals surface area contributed by atoms with Gasteiger partial charge < -0.3 is 9.84 Å². The summed E-state index contributed by atoms with van der Waals surface area (Å²) in [7, 11) is 0. The van der Waals surface area contributed by atoms with E-state index in [-0.39, 0.29) is 12.1 Å². The van der Waals surface area contributed by atoms with Crippen LogP contribution in [0.2, 0.25) is 0 Å². The van der Waals surface area contributed by atoms with Crippen molar-refractivity contribution in [2.45, 2.75) is 46.9 Å². The number of imidazole rings is 1. The summed E-state index contributed by atoms with van der Waals surface area (Å²) in [5.74, 6) is -1.01. The molecule has 0 radical (unpaired) electrons. The van der Waals surface area contributed by atoms with Crippen molar-refractivity contribution in [3.8, 4) is 0 Å². The van der Waals surface area contributed by atoms with Gasteiger partial charge in [-0.05, 0) is 73.5 Å². The number of carboxylic acids is 1. The van der Waals surface area contributed by atoms with Crippen LogP contribution in [0.15, 0.2) is 40.5 Å². The highest BCUT2D eigenvalue weighted by molar-refractivity contribution is 7.17. The van der Waals surface area contributed by atoms with E-state index in [2.05, 4.69) is 24.4 Å². The molecular formula is C24H26N2O4S. The number of thiophene rings is 1. The molecular weight excluding hydrogens is 412 g/mol. The van der Waals surface area contributed by atoms with Gasteiger partial charge in [-0.3, -0.25) is 13.9 Å². The first-order valence-electron chi connectivity index (χ1n) is 10.3. The van der Waals surface area contributed by atoms with Crippen molar-refractivity contribution >= 4 is 38.4 Å². The van der Waals surface area contributed by atoms with Gasteiger partial charge in [-0.25, -0.2) is 4.79 Å². The van der Waals surface area contributed by atoms with E-state index >= 15 is 0 Å². The molecule has 7 heteroatoms. The molecule has 2 heterocycles. The Hall–Kier alpha value is -2.90. The average Bonchev–Trinajstić information content (AvgIpc) is 3.23. The molecule has 1 unspecified atom stereocenters. The number of fused-ring (bicyclic) bond motifs is 2. The minimum atomic E-state index is -1.01. The zero-order valence-electron chi connectivity index (χ0n) is 18.1. The Morgan fingerprint density at radius 2 is 1.84 bits per heavy atom. The molecule has 0 bridgehead atoms. The summed E-state index contributed by atoms with van der Waals surface area (Å²) in [6, 6.07) is 10.2. The Morgan fingerprint density at radius 1 is 1.13 bits per heavy atom. The molecule has 0 spiro atoms. The molecule has 0 saturated carbocycles. The second kappa shape index (κ2) is 8.32. The first-order valence-corrected chi connectivity index (χ1v) is 11.2. The summed E-state index contributed by atoms with van der Waals surface area (Å²) in [5.41, 5.74) is 5.61. The molecule has 0 saturated heterocycles. The Balaban J connectivity index is 1.95. The molecule has 2 aromatic heterocycles. The average molecular weight is 439 g/mol. The minimum absolute atomic E-state index is 0.257. The van der Waals surface area contributed by atoms with Crippen LogP contribution in [0.25, 0.3) is 21.1 Å². The van der Waals surface area contributed by atoms with Crippen LogP contribution in [0.5, 0.6) is 0 Å². The molecule has 162 valence electrons. The van der Waals surface area contributed by atoms with Crippen LogP contribution >= 0.6 is 11.3 Å². The maximum Gasteiger partial charge on any atom is 0.331 e. The van der Waals surface area contributed by atoms with Gasteiger partial charge in [0.15, 0.2) is 0 Å². The number of hydrogen-bond donors (Lipinski definition) is 1. The quantitative estimate of drug-likeness (QED) is 0.441. The molecule has 6 nitrogen and oxygen atoms in total. The summed E-state index contributed by atoms with van der Waals surface area (Å²) in [5, 5.41) is 12.7. The number of hydrogen-bond acceptors (Lipinski definition) is 4. The first-order chi connectivity index (χ1) is 14.8. The van der Waals surface area contributed by atoms with Crippen LogP contribution in [0.3, 0.4) is 0 Å². The lowest BCUT2D eigenvalue weighted by atomic mass is 10.1. The number of aromatic nitrogens is 2. The van der Waals surface area contributed by atoms with Crippen molar-refractivity contribution < 1.29 is 14.6 Å². The summed E-state index contributed by atoms with van der Waals surface area (Å²) in [6.45, 7) is 8.62. The zero-order chi connectivity index (χ0) is 22.3. The third-order valence-corrected chi connectivity index (χ3v) is 6.78. The molecule has 0 aliphatic rings. The number of ether oxygens (including phenoxy) is 1. The van der Waals surface area contributed by atoms with Crippen LogP contribution in [0.4, 0.5) is 0 Å². The fraction of sp³-hybridized carbons (Fsp3) is 0.333. The summed E-state index contributed by atoms with van der Waals surface area (Å²) in [4.78, 5) is 25.1. The number of nitrogens with zero attached hydrogens (tertiary/aromatic N) is 2. The van der Waals surface area contributed by atoms with Crippen molar-refractivity contribution in [3.05, 3.63) is 68.4 Å². The van der Waals surface area contributed by atoms with Gasteiger partial charge in [-0.1, -0.05) is 12.1 Å². The van der Waals surface area contributed by atoms with Gasteiger partial charge in [-0.2, -0.15) is 0 Å². The van der Waals surface area contributed by atoms with Gasteiger partial charge in [0.25, 0.3) is 0 Å². The fourth-order valence-corrected chi connectivity index (χ4v) is 5.19. The smallest absolute Gasteiger partial charge is 0.331 e. The van der Waals surface area contributed by atoms with Crippen molar-refractivity contribution in [2.75, 3.05) is 6.61 Å². The topological polar surface area (TPSA) is 73.5 Å². The van der Waals surface area contributed by atoms with Crippen molar-refractivity contribution in [2.24, 2.45) is 0 Å². The Bertz CT molecular complexity index is 1350.